The fourth-order valence-corrected chi connectivity index (χ4v) is 1.98. The van der Waals surface area contributed by atoms with E-state index in [1.54, 1.807) is 0 Å². The molecular weight excluding hydrogens is 172 g/mol. The predicted molar refractivity (Wildman–Crippen MR) is 57.1 cm³/mol. The lowest BCUT2D eigenvalue weighted by Gasteiger charge is -2.25. The van der Waals surface area contributed by atoms with Crippen molar-refractivity contribution >= 4 is 12.3 Å². The summed E-state index contributed by atoms with van der Waals surface area (Å²) >= 11 is 0. The van der Waals surface area contributed by atoms with Gasteiger partial charge in [-0.3, -0.25) is 9.98 Å². The Kier molecular flexibility index (Phi) is 1.60. The molecule has 1 aliphatic heterocycles. The largest absolute Gasteiger partial charge is 0.283 e. The number of dihydropyridines is 1. The Balaban J connectivity index is 2.15. The van der Waals surface area contributed by atoms with Crippen LogP contribution in [0.3, 0.4) is 0 Å². The van der Waals surface area contributed by atoms with Gasteiger partial charge in [-0.1, -0.05) is 24.3 Å². The molecule has 2 heteroatoms. The van der Waals surface area contributed by atoms with Crippen LogP contribution in [0.5, 0.6) is 0 Å². The molecule has 2 aliphatic rings. The number of nitrogens with zero attached hydrogens (tertiary/aromatic N) is 2. The van der Waals surface area contributed by atoms with Gasteiger partial charge in [-0.2, -0.15) is 0 Å². The Labute approximate surface area is 82.7 Å². The molecule has 2 atom stereocenters. The van der Waals surface area contributed by atoms with E-state index in [4.69, 9.17) is 0 Å². The number of aromatic nitrogens is 1. The van der Waals surface area contributed by atoms with Gasteiger partial charge in [0.05, 0.1) is 5.69 Å². The highest BCUT2D eigenvalue weighted by Gasteiger charge is 2.25. The number of allylic oxidation sites excluding steroid dienone is 1. The summed E-state index contributed by atoms with van der Waals surface area (Å²) in [6, 6.07) is 4.25. The van der Waals surface area contributed by atoms with Crippen LogP contribution in [0.2, 0.25) is 0 Å². The van der Waals surface area contributed by atoms with Gasteiger partial charge in [0.15, 0.2) is 0 Å². The smallest absolute Gasteiger partial charge is 0.102 e. The summed E-state index contributed by atoms with van der Waals surface area (Å²) < 4.78 is 0. The first-order chi connectivity index (χ1) is 6.95. The number of aliphatic imine (C=N–C) groups is 1. The second kappa shape index (κ2) is 2.91. The van der Waals surface area contributed by atoms with E-state index in [9.17, 15) is 0 Å². The van der Waals surface area contributed by atoms with Crippen LogP contribution in [0.15, 0.2) is 41.6 Å². The summed E-state index contributed by atoms with van der Waals surface area (Å²) in [6.45, 7) is 0. The Morgan fingerprint density at radius 3 is 3.21 bits per heavy atom. The molecule has 1 aromatic rings. The molecule has 14 heavy (non-hydrogen) atoms. The zero-order chi connectivity index (χ0) is 9.38. The minimum Gasteiger partial charge on any atom is -0.283 e. The first-order valence-electron chi connectivity index (χ1n) is 4.78. The van der Waals surface area contributed by atoms with Crippen molar-refractivity contribution in [3.05, 3.63) is 47.8 Å². The van der Waals surface area contributed by atoms with Crippen LogP contribution in [0.25, 0.3) is 6.08 Å². The van der Waals surface area contributed by atoms with Crippen LogP contribution < -0.4 is 0 Å². The Hall–Kier alpha value is -1.70. The second-order valence-electron chi connectivity index (χ2n) is 3.54. The van der Waals surface area contributed by atoms with E-state index in [0.717, 1.165) is 5.69 Å². The second-order valence-corrected chi connectivity index (χ2v) is 3.54. The van der Waals surface area contributed by atoms with Gasteiger partial charge in [0.2, 0.25) is 0 Å². The molecule has 0 spiro atoms. The summed E-state index contributed by atoms with van der Waals surface area (Å²) in [4.78, 5) is 8.87. The van der Waals surface area contributed by atoms with Crippen molar-refractivity contribution in [3.63, 3.8) is 0 Å². The highest BCUT2D eigenvalue weighted by molar-refractivity contribution is 5.74. The van der Waals surface area contributed by atoms with Crippen LogP contribution in [-0.4, -0.2) is 11.2 Å². The van der Waals surface area contributed by atoms with Gasteiger partial charge < -0.3 is 0 Å². The molecule has 0 aromatic carbocycles. The number of fused-ring (bicyclic) bond motifs is 3. The molecule has 0 radical (unpaired) electrons. The SMILES string of the molecule is C1=CC2C=Cc3cccnc3C2N=C1. The van der Waals surface area contributed by atoms with Crippen molar-refractivity contribution in [1.82, 2.24) is 4.98 Å². The molecule has 2 heterocycles. The zero-order valence-electron chi connectivity index (χ0n) is 7.67. The molecule has 2 unspecified atom stereocenters. The molecule has 0 bridgehead atoms. The highest BCUT2D eigenvalue weighted by Crippen LogP contribution is 2.35. The Bertz CT molecular complexity index is 443. The van der Waals surface area contributed by atoms with Gasteiger partial charge >= 0.3 is 0 Å². The third-order valence-corrected chi connectivity index (χ3v) is 2.68. The molecule has 3 rings (SSSR count). The summed E-state index contributed by atoms with van der Waals surface area (Å²) in [5.41, 5.74) is 2.29. The van der Waals surface area contributed by atoms with Crippen molar-refractivity contribution in [2.75, 3.05) is 0 Å². The molecule has 1 aliphatic carbocycles. The van der Waals surface area contributed by atoms with E-state index in [1.807, 2.05) is 24.6 Å². The standard InChI is InChI=1S/C12H10N2/c1-3-9-5-6-10-4-2-8-14-12(10)11(9)13-7-1/h1-9,11H. The quantitative estimate of drug-likeness (QED) is 0.604. The van der Waals surface area contributed by atoms with E-state index in [1.165, 1.54) is 5.56 Å². The van der Waals surface area contributed by atoms with Crippen LogP contribution in [0.1, 0.15) is 17.3 Å². The maximum Gasteiger partial charge on any atom is 0.102 e. The lowest BCUT2D eigenvalue weighted by molar-refractivity contribution is 0.594. The van der Waals surface area contributed by atoms with Gasteiger partial charge in [-0.15, -0.1) is 0 Å². The van der Waals surface area contributed by atoms with Gasteiger partial charge in [-0.05, 0) is 17.7 Å². The van der Waals surface area contributed by atoms with E-state index in [2.05, 4.69) is 34.3 Å². The van der Waals surface area contributed by atoms with Gasteiger partial charge in [0, 0.05) is 18.3 Å². The summed E-state index contributed by atoms with van der Waals surface area (Å²) in [5, 5.41) is 0. The molecular formula is C12H10N2. The van der Waals surface area contributed by atoms with Crippen LogP contribution in [-0.2, 0) is 0 Å². The lowest BCUT2D eigenvalue weighted by atomic mass is 9.87. The maximum atomic E-state index is 4.47. The average molecular weight is 182 g/mol. The molecule has 1 aromatic heterocycles. The monoisotopic (exact) mass is 182 g/mol. The number of rotatable bonds is 0. The van der Waals surface area contributed by atoms with E-state index >= 15 is 0 Å². The van der Waals surface area contributed by atoms with Crippen molar-refractivity contribution < 1.29 is 0 Å². The van der Waals surface area contributed by atoms with Crippen molar-refractivity contribution in [2.45, 2.75) is 6.04 Å². The fraction of sp³-hybridized carbons (Fsp3) is 0.167. The maximum absolute atomic E-state index is 4.47. The third-order valence-electron chi connectivity index (χ3n) is 2.68. The molecule has 68 valence electrons. The minimum absolute atomic E-state index is 0.196. The molecule has 2 nitrogen and oxygen atoms in total. The topological polar surface area (TPSA) is 25.2 Å². The van der Waals surface area contributed by atoms with Crippen LogP contribution in [0.4, 0.5) is 0 Å². The highest BCUT2D eigenvalue weighted by atomic mass is 14.9. The van der Waals surface area contributed by atoms with Crippen molar-refractivity contribution in [2.24, 2.45) is 10.9 Å². The van der Waals surface area contributed by atoms with Crippen LogP contribution >= 0.6 is 0 Å². The first-order valence-corrected chi connectivity index (χ1v) is 4.78. The fourth-order valence-electron chi connectivity index (χ4n) is 1.98. The molecule has 0 amide bonds. The summed E-state index contributed by atoms with van der Waals surface area (Å²) in [5.74, 6) is 0.391. The van der Waals surface area contributed by atoms with Gasteiger partial charge in [0.1, 0.15) is 6.04 Å². The number of pyridine rings is 1. The Morgan fingerprint density at radius 2 is 2.21 bits per heavy atom. The molecule has 0 saturated heterocycles. The van der Waals surface area contributed by atoms with E-state index in [0.29, 0.717) is 5.92 Å². The lowest BCUT2D eigenvalue weighted by Crippen LogP contribution is -2.15. The van der Waals surface area contributed by atoms with Crippen molar-refractivity contribution in [1.29, 1.82) is 0 Å². The minimum atomic E-state index is 0.196. The van der Waals surface area contributed by atoms with Crippen LogP contribution in [0, 0.1) is 5.92 Å². The van der Waals surface area contributed by atoms with E-state index in [-0.39, 0.29) is 6.04 Å². The normalized spacial score (nSPS) is 27.1. The Morgan fingerprint density at radius 1 is 1.21 bits per heavy atom. The van der Waals surface area contributed by atoms with Gasteiger partial charge in [0.25, 0.3) is 0 Å². The third kappa shape index (κ3) is 1.04. The average Bonchev–Trinajstić information content (AvgIpc) is 2.29. The van der Waals surface area contributed by atoms with Crippen molar-refractivity contribution in [3.8, 4) is 0 Å². The number of hydrogen-bond donors (Lipinski definition) is 0. The van der Waals surface area contributed by atoms with E-state index < -0.39 is 0 Å². The summed E-state index contributed by atoms with van der Waals surface area (Å²) in [7, 11) is 0. The number of hydrogen-bond acceptors (Lipinski definition) is 2. The zero-order valence-corrected chi connectivity index (χ0v) is 7.67. The molecule has 0 saturated carbocycles. The molecule has 0 N–H and O–H groups in total. The predicted octanol–water partition coefficient (Wildman–Crippen LogP) is 2.41. The first kappa shape index (κ1) is 7.68. The summed E-state index contributed by atoms with van der Waals surface area (Å²) in [6.07, 6.45) is 12.2. The van der Waals surface area contributed by atoms with Gasteiger partial charge in [-0.25, -0.2) is 0 Å². The molecule has 0 fully saturated rings.